The van der Waals surface area contributed by atoms with Gasteiger partial charge in [-0.05, 0) is 92.2 Å². The van der Waals surface area contributed by atoms with Gasteiger partial charge in [0.25, 0.3) is 5.91 Å². The van der Waals surface area contributed by atoms with E-state index in [4.69, 9.17) is 4.74 Å². The van der Waals surface area contributed by atoms with Gasteiger partial charge in [0.1, 0.15) is 0 Å². The maximum Gasteiger partial charge on any atom is 0.338 e. The Hall–Kier alpha value is -1.84. The average molecular weight is 384 g/mol. The molecule has 0 saturated heterocycles. The molecule has 0 aliphatic heterocycles. The van der Waals surface area contributed by atoms with E-state index in [9.17, 15) is 9.59 Å². The first kappa shape index (κ1) is 19.5. The highest BCUT2D eigenvalue weighted by Gasteiger charge is 2.53. The van der Waals surface area contributed by atoms with E-state index < -0.39 is 5.97 Å². The number of nitrogens with one attached hydrogen (secondary N) is 1. The fourth-order valence-electron chi connectivity index (χ4n) is 6.36. The van der Waals surface area contributed by atoms with Gasteiger partial charge in [-0.25, -0.2) is 4.79 Å². The predicted octanol–water partition coefficient (Wildman–Crippen LogP) is 4.69. The maximum absolute atomic E-state index is 12.4. The molecule has 1 amide bonds. The zero-order valence-corrected chi connectivity index (χ0v) is 17.4. The van der Waals surface area contributed by atoms with Crippen molar-refractivity contribution in [1.29, 1.82) is 0 Å². The lowest BCUT2D eigenvalue weighted by atomic mass is 9.48. The highest BCUT2D eigenvalue weighted by molar-refractivity contribution is 5.91. The Kier molecular flexibility index (Phi) is 5.24. The SMILES string of the molecule is CC(C)c1ccc(C(=O)OCC(=O)N[C@H](C)C23CC4CC(CC(C4)C2)C3)cc1. The smallest absolute Gasteiger partial charge is 0.338 e. The predicted molar refractivity (Wildman–Crippen MR) is 109 cm³/mol. The van der Waals surface area contributed by atoms with Crippen molar-refractivity contribution in [2.45, 2.75) is 71.3 Å². The summed E-state index contributed by atoms with van der Waals surface area (Å²) in [5.74, 6) is 2.37. The van der Waals surface area contributed by atoms with Gasteiger partial charge in [0.2, 0.25) is 0 Å². The first-order valence-electron chi connectivity index (χ1n) is 10.9. The molecule has 1 aromatic carbocycles. The summed E-state index contributed by atoms with van der Waals surface area (Å²) in [6.07, 6.45) is 7.95. The minimum Gasteiger partial charge on any atom is -0.452 e. The average Bonchev–Trinajstić information content (AvgIpc) is 2.65. The van der Waals surface area contributed by atoms with Gasteiger partial charge in [0, 0.05) is 6.04 Å². The van der Waals surface area contributed by atoms with Crippen molar-refractivity contribution in [3.05, 3.63) is 35.4 Å². The molecule has 28 heavy (non-hydrogen) atoms. The number of carbonyl (C=O) groups is 2. The Balaban J connectivity index is 1.29. The van der Waals surface area contributed by atoms with Crippen LogP contribution in [0.2, 0.25) is 0 Å². The summed E-state index contributed by atoms with van der Waals surface area (Å²) in [6.45, 7) is 6.17. The molecule has 4 aliphatic rings. The van der Waals surface area contributed by atoms with Crippen LogP contribution in [0.15, 0.2) is 24.3 Å². The van der Waals surface area contributed by atoms with Crippen molar-refractivity contribution in [2.24, 2.45) is 23.2 Å². The first-order valence-corrected chi connectivity index (χ1v) is 10.9. The van der Waals surface area contributed by atoms with Gasteiger partial charge in [-0.3, -0.25) is 4.79 Å². The summed E-state index contributed by atoms with van der Waals surface area (Å²) in [6, 6.07) is 7.58. The summed E-state index contributed by atoms with van der Waals surface area (Å²) in [5.41, 5.74) is 1.94. The molecule has 4 heteroatoms. The van der Waals surface area contributed by atoms with Gasteiger partial charge < -0.3 is 10.1 Å². The zero-order valence-electron chi connectivity index (χ0n) is 17.4. The Labute approximate surface area is 168 Å². The topological polar surface area (TPSA) is 55.4 Å². The number of esters is 1. The molecule has 4 bridgehead atoms. The molecular weight excluding hydrogens is 350 g/mol. The normalized spacial score (nSPS) is 31.6. The van der Waals surface area contributed by atoms with Gasteiger partial charge in [0.15, 0.2) is 6.61 Å². The second-order valence-corrected chi connectivity index (χ2v) is 9.92. The van der Waals surface area contributed by atoms with Crippen LogP contribution in [0, 0.1) is 23.2 Å². The monoisotopic (exact) mass is 383 g/mol. The lowest BCUT2D eigenvalue weighted by Crippen LogP contribution is -2.56. The van der Waals surface area contributed by atoms with Crippen LogP contribution in [-0.2, 0) is 9.53 Å². The number of rotatable bonds is 6. The van der Waals surface area contributed by atoms with E-state index in [-0.39, 0.29) is 24.0 Å². The molecule has 0 heterocycles. The summed E-state index contributed by atoms with van der Waals surface area (Å²) in [5, 5.41) is 3.15. The number of carbonyl (C=O) groups excluding carboxylic acids is 2. The Bertz CT molecular complexity index is 701. The largest absolute Gasteiger partial charge is 0.452 e. The summed E-state index contributed by atoms with van der Waals surface area (Å²) < 4.78 is 5.26. The van der Waals surface area contributed by atoms with E-state index in [2.05, 4.69) is 26.1 Å². The Morgan fingerprint density at radius 2 is 1.54 bits per heavy atom. The van der Waals surface area contributed by atoms with Crippen LogP contribution in [0.25, 0.3) is 0 Å². The van der Waals surface area contributed by atoms with Crippen molar-refractivity contribution < 1.29 is 14.3 Å². The highest BCUT2D eigenvalue weighted by Crippen LogP contribution is 2.61. The number of hydrogen-bond donors (Lipinski definition) is 1. The number of hydrogen-bond acceptors (Lipinski definition) is 3. The zero-order chi connectivity index (χ0) is 19.9. The molecule has 1 N–H and O–H groups in total. The highest BCUT2D eigenvalue weighted by atomic mass is 16.5. The van der Waals surface area contributed by atoms with E-state index in [1.54, 1.807) is 12.1 Å². The molecule has 1 atom stereocenters. The molecule has 4 saturated carbocycles. The summed E-state index contributed by atoms with van der Waals surface area (Å²) >= 11 is 0. The van der Waals surface area contributed by atoms with Crippen molar-refractivity contribution in [3.63, 3.8) is 0 Å². The van der Waals surface area contributed by atoms with Gasteiger partial charge in [-0.2, -0.15) is 0 Å². The maximum atomic E-state index is 12.4. The lowest BCUT2D eigenvalue weighted by Gasteiger charge is -2.59. The van der Waals surface area contributed by atoms with Crippen LogP contribution in [-0.4, -0.2) is 24.5 Å². The third kappa shape index (κ3) is 3.83. The fourth-order valence-corrected chi connectivity index (χ4v) is 6.36. The molecule has 0 radical (unpaired) electrons. The quantitative estimate of drug-likeness (QED) is 0.725. The molecule has 0 unspecified atom stereocenters. The van der Waals surface area contributed by atoms with Crippen LogP contribution >= 0.6 is 0 Å². The van der Waals surface area contributed by atoms with Crippen LogP contribution in [0.4, 0.5) is 0 Å². The first-order chi connectivity index (χ1) is 13.3. The Morgan fingerprint density at radius 1 is 1.00 bits per heavy atom. The molecule has 4 aliphatic carbocycles. The third-order valence-electron chi connectivity index (χ3n) is 7.53. The summed E-state index contributed by atoms with van der Waals surface area (Å²) in [7, 11) is 0. The standard InChI is InChI=1S/C24H33NO3/c1-15(2)20-4-6-21(7-5-20)23(27)28-14-22(26)25-16(3)24-11-17-8-18(12-24)10-19(9-17)13-24/h4-7,15-19H,8-14H2,1-3H3,(H,25,26)/t16-,17?,18?,19?,24?/m1/s1. The fraction of sp³-hybridized carbons (Fsp3) is 0.667. The van der Waals surface area contributed by atoms with Crippen LogP contribution < -0.4 is 5.32 Å². The molecule has 0 aromatic heterocycles. The van der Waals surface area contributed by atoms with Crippen molar-refractivity contribution in [2.75, 3.05) is 6.61 Å². The second-order valence-electron chi connectivity index (χ2n) is 9.92. The molecule has 1 aromatic rings. The van der Waals surface area contributed by atoms with Gasteiger partial charge in [-0.15, -0.1) is 0 Å². The minimum atomic E-state index is -0.437. The number of amides is 1. The molecule has 5 rings (SSSR count). The number of ether oxygens (including phenoxy) is 1. The third-order valence-corrected chi connectivity index (χ3v) is 7.53. The van der Waals surface area contributed by atoms with Gasteiger partial charge >= 0.3 is 5.97 Å². The lowest BCUT2D eigenvalue weighted by molar-refractivity contribution is -0.128. The van der Waals surface area contributed by atoms with E-state index in [0.29, 0.717) is 11.5 Å². The van der Waals surface area contributed by atoms with E-state index >= 15 is 0 Å². The van der Waals surface area contributed by atoms with Crippen molar-refractivity contribution in [1.82, 2.24) is 5.32 Å². The van der Waals surface area contributed by atoms with Gasteiger partial charge in [0.05, 0.1) is 5.56 Å². The molecule has 4 nitrogen and oxygen atoms in total. The van der Waals surface area contributed by atoms with Gasteiger partial charge in [-0.1, -0.05) is 26.0 Å². The van der Waals surface area contributed by atoms with Crippen LogP contribution in [0.5, 0.6) is 0 Å². The second kappa shape index (κ2) is 7.53. The van der Waals surface area contributed by atoms with Crippen LogP contribution in [0.3, 0.4) is 0 Å². The summed E-state index contributed by atoms with van der Waals surface area (Å²) in [4.78, 5) is 24.7. The van der Waals surface area contributed by atoms with E-state index in [0.717, 1.165) is 17.8 Å². The van der Waals surface area contributed by atoms with E-state index in [1.165, 1.54) is 44.1 Å². The molecule has 4 fully saturated rings. The van der Waals surface area contributed by atoms with Crippen molar-refractivity contribution in [3.8, 4) is 0 Å². The molecule has 152 valence electrons. The van der Waals surface area contributed by atoms with E-state index in [1.807, 2.05) is 12.1 Å². The molecular formula is C24H33NO3. The molecule has 0 spiro atoms. The number of benzene rings is 1. The van der Waals surface area contributed by atoms with Crippen molar-refractivity contribution >= 4 is 11.9 Å². The Morgan fingerprint density at radius 3 is 2.04 bits per heavy atom. The van der Waals surface area contributed by atoms with Crippen LogP contribution in [0.1, 0.15) is 81.1 Å². The minimum absolute atomic E-state index is 0.150.